The largest absolute Gasteiger partial charge is 0.481 e. The summed E-state index contributed by atoms with van der Waals surface area (Å²) >= 11 is 4.62. The van der Waals surface area contributed by atoms with Crippen LogP contribution < -0.4 is 5.32 Å². The quantitative estimate of drug-likeness (QED) is 0.410. The smallest absolute Gasteiger partial charge is 0.338 e. The topological polar surface area (TPSA) is 113 Å². The van der Waals surface area contributed by atoms with Gasteiger partial charge in [0, 0.05) is 34.8 Å². The number of hydrogen-bond donors (Lipinski definition) is 2. The van der Waals surface area contributed by atoms with Gasteiger partial charge in [-0.1, -0.05) is 22.0 Å². The number of carbonyl (C=O) groups is 2. The van der Waals surface area contributed by atoms with Crippen LogP contribution in [0.3, 0.4) is 0 Å². The molecular weight excluding hydrogens is 593 g/mol. The standard InChI is InChI=1S/C24H24BrF3N4O5S/c1-2-37-23(35)19-16(11-32-6-7-36-12-17(32)24(27,28)10-18(33)34)30-21(22-29-5-8-38-22)31-20(19)14-4-3-13(26)9-15(14)25/h3-5,8-9,17,20H,2,6-7,10-12H2,1H3,(H,30,31)(H,33,34)/t17?,20-/m0/s1. The number of esters is 1. The van der Waals surface area contributed by atoms with Crippen LogP contribution in [-0.4, -0.2) is 77.6 Å². The number of aliphatic imine (C=N–C) groups is 1. The Balaban J connectivity index is 1.81. The first-order chi connectivity index (χ1) is 18.1. The van der Waals surface area contributed by atoms with E-state index in [0.29, 0.717) is 20.9 Å². The summed E-state index contributed by atoms with van der Waals surface area (Å²) < 4.78 is 54.8. The number of thiazole rings is 1. The van der Waals surface area contributed by atoms with Crippen LogP contribution in [0.15, 0.2) is 50.5 Å². The van der Waals surface area contributed by atoms with E-state index in [4.69, 9.17) is 19.6 Å². The zero-order valence-corrected chi connectivity index (χ0v) is 22.5. The third kappa shape index (κ3) is 6.25. The third-order valence-corrected chi connectivity index (χ3v) is 7.45. The highest BCUT2D eigenvalue weighted by Crippen LogP contribution is 2.38. The number of nitrogens with zero attached hydrogens (tertiary/aromatic N) is 3. The molecule has 0 radical (unpaired) electrons. The SMILES string of the molecule is CCOC(=O)C1=C(CN2CCOCC2C(F)(F)CC(=O)O)NC(c2nccs2)=N[C@H]1c1ccc(F)cc1Br. The zero-order valence-electron chi connectivity index (χ0n) is 20.1. The van der Waals surface area contributed by atoms with E-state index in [1.807, 2.05) is 0 Å². The van der Waals surface area contributed by atoms with Gasteiger partial charge in [0.05, 0.1) is 31.4 Å². The highest BCUT2D eigenvalue weighted by atomic mass is 79.9. The van der Waals surface area contributed by atoms with Gasteiger partial charge in [-0.05, 0) is 24.6 Å². The second-order valence-corrected chi connectivity index (χ2v) is 10.3. The number of amidine groups is 1. The Hall–Kier alpha value is -2.81. The van der Waals surface area contributed by atoms with E-state index in [9.17, 15) is 22.8 Å². The zero-order chi connectivity index (χ0) is 27.4. The fourth-order valence-electron chi connectivity index (χ4n) is 4.31. The number of benzene rings is 1. The summed E-state index contributed by atoms with van der Waals surface area (Å²) in [5.41, 5.74) is 0.756. The highest BCUT2D eigenvalue weighted by Gasteiger charge is 2.47. The highest BCUT2D eigenvalue weighted by molar-refractivity contribution is 9.10. The van der Waals surface area contributed by atoms with E-state index in [1.165, 1.54) is 34.4 Å². The molecule has 4 rings (SSSR count). The summed E-state index contributed by atoms with van der Waals surface area (Å²) in [6, 6.07) is 1.42. The first-order valence-corrected chi connectivity index (χ1v) is 13.3. The number of carboxylic acids is 1. The molecule has 1 saturated heterocycles. The number of alkyl halides is 2. The molecule has 1 fully saturated rings. The van der Waals surface area contributed by atoms with Crippen LogP contribution in [0, 0.1) is 5.82 Å². The molecule has 2 aliphatic rings. The van der Waals surface area contributed by atoms with E-state index in [-0.39, 0.29) is 44.2 Å². The van der Waals surface area contributed by atoms with Crippen molar-refractivity contribution in [2.45, 2.75) is 31.4 Å². The lowest BCUT2D eigenvalue weighted by Gasteiger charge is -2.40. The Labute approximate surface area is 228 Å². The van der Waals surface area contributed by atoms with Crippen LogP contribution in [0.2, 0.25) is 0 Å². The number of halogens is 4. The summed E-state index contributed by atoms with van der Waals surface area (Å²) in [5, 5.41) is 14.3. The molecule has 0 saturated carbocycles. The molecule has 1 aromatic heterocycles. The number of ether oxygens (including phenoxy) is 2. The predicted molar refractivity (Wildman–Crippen MR) is 136 cm³/mol. The van der Waals surface area contributed by atoms with Crippen molar-refractivity contribution in [3.05, 3.63) is 61.9 Å². The van der Waals surface area contributed by atoms with Crippen molar-refractivity contribution in [1.29, 1.82) is 0 Å². The van der Waals surface area contributed by atoms with Gasteiger partial charge in [-0.15, -0.1) is 11.3 Å². The first kappa shape index (κ1) is 28.2. The maximum atomic E-state index is 15.0. The van der Waals surface area contributed by atoms with E-state index in [0.717, 1.165) is 0 Å². The normalized spacial score (nSPS) is 20.6. The molecule has 2 N–H and O–H groups in total. The number of carboxylic acid groups (broad SMARTS) is 1. The number of nitrogens with one attached hydrogen (secondary N) is 1. The van der Waals surface area contributed by atoms with Gasteiger partial charge in [-0.25, -0.2) is 22.9 Å². The Morgan fingerprint density at radius 1 is 1.39 bits per heavy atom. The Kier molecular flexibility index (Phi) is 8.85. The minimum atomic E-state index is -3.60. The lowest BCUT2D eigenvalue weighted by molar-refractivity contribution is -0.162. The molecule has 1 unspecified atom stereocenters. The van der Waals surface area contributed by atoms with Crippen LogP contribution in [0.4, 0.5) is 13.2 Å². The first-order valence-electron chi connectivity index (χ1n) is 11.6. The maximum Gasteiger partial charge on any atom is 0.338 e. The molecule has 2 aliphatic heterocycles. The minimum absolute atomic E-state index is 0.0484. The number of hydrogen-bond acceptors (Lipinski definition) is 9. The second-order valence-electron chi connectivity index (χ2n) is 8.51. The van der Waals surface area contributed by atoms with Crippen molar-refractivity contribution in [2.75, 3.05) is 32.9 Å². The van der Waals surface area contributed by atoms with Crippen molar-refractivity contribution in [1.82, 2.24) is 15.2 Å². The summed E-state index contributed by atoms with van der Waals surface area (Å²) in [5.74, 6) is -6.16. The van der Waals surface area contributed by atoms with E-state index < -0.39 is 42.2 Å². The molecule has 2 atom stereocenters. The van der Waals surface area contributed by atoms with Gasteiger partial charge >= 0.3 is 11.9 Å². The molecule has 0 spiro atoms. The van der Waals surface area contributed by atoms with Gasteiger partial charge in [0.25, 0.3) is 5.92 Å². The molecule has 0 amide bonds. The predicted octanol–water partition coefficient (Wildman–Crippen LogP) is 3.76. The number of rotatable bonds is 9. The van der Waals surface area contributed by atoms with Gasteiger partial charge in [-0.3, -0.25) is 14.7 Å². The van der Waals surface area contributed by atoms with E-state index >= 15 is 0 Å². The Morgan fingerprint density at radius 2 is 2.18 bits per heavy atom. The fourth-order valence-corrected chi connectivity index (χ4v) is 5.46. The molecule has 9 nitrogen and oxygen atoms in total. The van der Waals surface area contributed by atoms with Crippen LogP contribution in [0.1, 0.15) is 30.0 Å². The maximum absolute atomic E-state index is 15.0. The average molecular weight is 617 g/mol. The number of aliphatic carboxylic acids is 1. The fraction of sp³-hybridized carbons (Fsp3) is 0.417. The van der Waals surface area contributed by atoms with Gasteiger partial charge in [-0.2, -0.15) is 0 Å². The van der Waals surface area contributed by atoms with Crippen LogP contribution in [0.25, 0.3) is 0 Å². The van der Waals surface area contributed by atoms with Crippen molar-refractivity contribution < 1.29 is 37.3 Å². The van der Waals surface area contributed by atoms with Gasteiger partial charge in [0.2, 0.25) is 0 Å². The van der Waals surface area contributed by atoms with E-state index in [1.54, 1.807) is 18.5 Å². The number of aromatic nitrogens is 1. The minimum Gasteiger partial charge on any atom is -0.481 e. The third-order valence-electron chi connectivity index (χ3n) is 5.99. The number of carbonyl (C=O) groups excluding carboxylic acids is 1. The molecule has 3 heterocycles. The molecule has 0 aliphatic carbocycles. The van der Waals surface area contributed by atoms with Gasteiger partial charge < -0.3 is 19.9 Å². The van der Waals surface area contributed by atoms with Crippen molar-refractivity contribution in [3.63, 3.8) is 0 Å². The molecule has 14 heteroatoms. The molecule has 1 aromatic carbocycles. The lowest BCUT2D eigenvalue weighted by Crippen LogP contribution is -2.57. The van der Waals surface area contributed by atoms with Gasteiger partial charge in [0.1, 0.15) is 18.3 Å². The Bertz CT molecular complexity index is 1260. The Morgan fingerprint density at radius 3 is 2.84 bits per heavy atom. The summed E-state index contributed by atoms with van der Waals surface area (Å²) in [7, 11) is 0. The summed E-state index contributed by atoms with van der Waals surface area (Å²) in [6.45, 7) is 1.32. The number of morpholine rings is 1. The molecule has 38 heavy (non-hydrogen) atoms. The average Bonchev–Trinajstić information content (AvgIpc) is 3.38. The van der Waals surface area contributed by atoms with Crippen molar-refractivity contribution >= 4 is 45.0 Å². The summed E-state index contributed by atoms with van der Waals surface area (Å²) in [6.07, 6.45) is 0.202. The monoisotopic (exact) mass is 616 g/mol. The lowest BCUT2D eigenvalue weighted by atomic mass is 9.94. The summed E-state index contributed by atoms with van der Waals surface area (Å²) in [4.78, 5) is 34.7. The van der Waals surface area contributed by atoms with Crippen LogP contribution >= 0.6 is 27.3 Å². The van der Waals surface area contributed by atoms with Crippen molar-refractivity contribution in [2.24, 2.45) is 4.99 Å². The van der Waals surface area contributed by atoms with Gasteiger partial charge in [0.15, 0.2) is 10.8 Å². The molecular formula is C24H24BrF3N4O5S. The van der Waals surface area contributed by atoms with Crippen LogP contribution in [-0.2, 0) is 19.1 Å². The second kappa shape index (κ2) is 11.9. The molecule has 0 bridgehead atoms. The van der Waals surface area contributed by atoms with E-state index in [2.05, 4.69) is 26.2 Å². The van der Waals surface area contributed by atoms with Crippen LogP contribution in [0.5, 0.6) is 0 Å². The molecule has 2 aromatic rings. The van der Waals surface area contributed by atoms with Crippen molar-refractivity contribution in [3.8, 4) is 0 Å². The molecule has 204 valence electrons.